The van der Waals surface area contributed by atoms with Crippen molar-refractivity contribution >= 4 is 53.2 Å². The second-order valence-electron chi connectivity index (χ2n) is 11.1. The number of pyridine rings is 1. The molecule has 0 bridgehead atoms. The lowest BCUT2D eigenvalue weighted by Gasteiger charge is -2.10. The molecule has 0 N–H and O–H groups in total. The molecule has 9 aromatic rings. The molecule has 9 rings (SSSR count). The molecule has 0 radical (unpaired) electrons. The number of hydrogen-bond donors (Lipinski definition) is 0. The maximum atomic E-state index is 5.19. The SMILES string of the molecule is c1ccc(-c2nc(-c3ccccc3)nc(-c3cccc4sc5ccc(-c6ccc7ccc8ccccc8c7n6)cc5c34)n2)cc1. The van der Waals surface area contributed by atoms with Crippen LogP contribution in [0.2, 0.25) is 0 Å². The van der Waals surface area contributed by atoms with Crippen molar-refractivity contribution in [3.63, 3.8) is 0 Å². The van der Waals surface area contributed by atoms with Crippen molar-refractivity contribution in [1.82, 2.24) is 19.9 Å². The van der Waals surface area contributed by atoms with Crippen LogP contribution in [0.15, 0.2) is 146 Å². The first-order valence-electron chi connectivity index (χ1n) is 14.9. The Kier molecular flexibility index (Phi) is 5.96. The summed E-state index contributed by atoms with van der Waals surface area (Å²) in [6, 6.07) is 50.4. The van der Waals surface area contributed by atoms with E-state index in [1.165, 1.54) is 25.6 Å². The van der Waals surface area contributed by atoms with Crippen molar-refractivity contribution in [2.45, 2.75) is 0 Å². The zero-order chi connectivity index (χ0) is 29.7. The molecule has 0 unspecified atom stereocenters. The standard InChI is InChI=1S/C40H24N4S/c1-3-11-27(12-4-1)38-42-39(28-13-5-2-6-14-28)44-40(43-38)31-16-9-17-35-36(31)32-24-29(21-23-34(32)45-35)33-22-20-26-19-18-25-10-7-8-15-30(25)37(26)41-33/h1-24H. The fraction of sp³-hybridized carbons (Fsp3) is 0. The van der Waals surface area contributed by atoms with Gasteiger partial charge in [-0.15, -0.1) is 11.3 Å². The quantitative estimate of drug-likeness (QED) is 0.191. The lowest BCUT2D eigenvalue weighted by atomic mass is 10.0. The minimum Gasteiger partial charge on any atom is -0.247 e. The van der Waals surface area contributed by atoms with Crippen LogP contribution < -0.4 is 0 Å². The molecular formula is C40H24N4S. The van der Waals surface area contributed by atoms with Crippen molar-refractivity contribution in [3.05, 3.63) is 146 Å². The van der Waals surface area contributed by atoms with Crippen LogP contribution in [0.1, 0.15) is 0 Å². The summed E-state index contributed by atoms with van der Waals surface area (Å²) < 4.78 is 2.41. The Balaban J connectivity index is 1.26. The largest absolute Gasteiger partial charge is 0.247 e. The molecule has 0 spiro atoms. The Morgan fingerprint density at radius 3 is 1.84 bits per heavy atom. The lowest BCUT2D eigenvalue weighted by molar-refractivity contribution is 1.08. The van der Waals surface area contributed by atoms with Crippen LogP contribution in [-0.2, 0) is 0 Å². The van der Waals surface area contributed by atoms with Crippen molar-refractivity contribution in [1.29, 1.82) is 0 Å². The van der Waals surface area contributed by atoms with Gasteiger partial charge in [-0.05, 0) is 29.7 Å². The maximum Gasteiger partial charge on any atom is 0.164 e. The van der Waals surface area contributed by atoms with Gasteiger partial charge in [0.15, 0.2) is 17.5 Å². The highest BCUT2D eigenvalue weighted by Gasteiger charge is 2.17. The topological polar surface area (TPSA) is 51.6 Å². The summed E-state index contributed by atoms with van der Waals surface area (Å²) in [5.74, 6) is 1.97. The summed E-state index contributed by atoms with van der Waals surface area (Å²) in [6.07, 6.45) is 0. The second kappa shape index (κ2) is 10.4. The van der Waals surface area contributed by atoms with Gasteiger partial charge in [0.2, 0.25) is 0 Å². The molecule has 0 saturated heterocycles. The number of nitrogens with zero attached hydrogens (tertiary/aromatic N) is 4. The highest BCUT2D eigenvalue weighted by molar-refractivity contribution is 7.26. The highest BCUT2D eigenvalue weighted by atomic mass is 32.1. The van der Waals surface area contributed by atoms with E-state index in [1.54, 1.807) is 11.3 Å². The molecule has 0 aliphatic carbocycles. The third kappa shape index (κ3) is 4.44. The molecule has 4 nitrogen and oxygen atoms in total. The van der Waals surface area contributed by atoms with E-state index in [-0.39, 0.29) is 0 Å². The summed E-state index contributed by atoms with van der Waals surface area (Å²) in [4.78, 5) is 20.2. The van der Waals surface area contributed by atoms with Crippen LogP contribution in [0.4, 0.5) is 0 Å². The Hall–Kier alpha value is -5.78. The third-order valence-electron chi connectivity index (χ3n) is 8.32. The molecule has 0 atom stereocenters. The summed E-state index contributed by atoms with van der Waals surface area (Å²) in [5, 5.41) is 5.82. The zero-order valence-corrected chi connectivity index (χ0v) is 24.9. The molecule has 3 heterocycles. The predicted octanol–water partition coefficient (Wildman–Crippen LogP) is 10.6. The number of aromatic nitrogens is 4. The fourth-order valence-corrected chi connectivity index (χ4v) is 7.23. The van der Waals surface area contributed by atoms with Gasteiger partial charge in [0.25, 0.3) is 0 Å². The summed E-state index contributed by atoms with van der Waals surface area (Å²) in [6.45, 7) is 0. The zero-order valence-electron chi connectivity index (χ0n) is 24.1. The molecule has 3 aromatic heterocycles. The van der Waals surface area contributed by atoms with Crippen LogP contribution >= 0.6 is 11.3 Å². The van der Waals surface area contributed by atoms with E-state index in [0.717, 1.165) is 44.2 Å². The molecular weight excluding hydrogens is 569 g/mol. The number of fused-ring (bicyclic) bond motifs is 6. The fourth-order valence-electron chi connectivity index (χ4n) is 6.12. The normalized spacial score (nSPS) is 11.6. The summed E-state index contributed by atoms with van der Waals surface area (Å²) in [5.41, 5.74) is 5.96. The van der Waals surface area contributed by atoms with Crippen molar-refractivity contribution in [2.75, 3.05) is 0 Å². The molecule has 6 aromatic carbocycles. The number of thiophene rings is 1. The number of hydrogen-bond acceptors (Lipinski definition) is 5. The van der Waals surface area contributed by atoms with Crippen molar-refractivity contribution in [2.24, 2.45) is 0 Å². The van der Waals surface area contributed by atoms with Gasteiger partial charge in [-0.3, -0.25) is 0 Å². The Bertz CT molecular complexity index is 2480. The van der Waals surface area contributed by atoms with Crippen LogP contribution in [0.5, 0.6) is 0 Å². The molecule has 210 valence electrons. The smallest absolute Gasteiger partial charge is 0.164 e. The number of rotatable bonds is 4. The van der Waals surface area contributed by atoms with Crippen molar-refractivity contribution < 1.29 is 0 Å². The van der Waals surface area contributed by atoms with Crippen LogP contribution in [0, 0.1) is 0 Å². The Morgan fingerprint density at radius 2 is 1.07 bits per heavy atom. The number of benzene rings is 6. The van der Waals surface area contributed by atoms with E-state index in [4.69, 9.17) is 19.9 Å². The molecule has 0 saturated carbocycles. The Morgan fingerprint density at radius 1 is 0.400 bits per heavy atom. The maximum absolute atomic E-state index is 5.19. The molecule has 0 fully saturated rings. The van der Waals surface area contributed by atoms with Gasteiger partial charge >= 0.3 is 0 Å². The van der Waals surface area contributed by atoms with Crippen LogP contribution in [0.3, 0.4) is 0 Å². The van der Waals surface area contributed by atoms with Gasteiger partial charge in [0.1, 0.15) is 0 Å². The van der Waals surface area contributed by atoms with Gasteiger partial charge in [0, 0.05) is 53.2 Å². The summed E-state index contributed by atoms with van der Waals surface area (Å²) >= 11 is 1.79. The first kappa shape index (κ1) is 25.7. The van der Waals surface area contributed by atoms with Crippen LogP contribution in [-0.4, -0.2) is 19.9 Å². The van der Waals surface area contributed by atoms with Gasteiger partial charge in [-0.25, -0.2) is 19.9 Å². The molecule has 0 aliphatic heterocycles. The monoisotopic (exact) mass is 592 g/mol. The average Bonchev–Trinajstić information content (AvgIpc) is 3.50. The molecule has 0 aliphatic rings. The summed E-state index contributed by atoms with van der Waals surface area (Å²) in [7, 11) is 0. The van der Waals surface area contributed by atoms with Gasteiger partial charge in [-0.2, -0.15) is 0 Å². The van der Waals surface area contributed by atoms with Gasteiger partial charge in [0.05, 0.1) is 11.2 Å². The van der Waals surface area contributed by atoms with E-state index in [1.807, 2.05) is 60.7 Å². The molecule has 5 heteroatoms. The first-order chi connectivity index (χ1) is 22.3. The van der Waals surface area contributed by atoms with Gasteiger partial charge in [-0.1, -0.05) is 121 Å². The lowest BCUT2D eigenvalue weighted by Crippen LogP contribution is -2.00. The third-order valence-corrected chi connectivity index (χ3v) is 9.45. The van der Waals surface area contributed by atoms with E-state index in [0.29, 0.717) is 17.5 Å². The minimum absolute atomic E-state index is 0.657. The van der Waals surface area contributed by atoms with Crippen molar-refractivity contribution in [3.8, 4) is 45.4 Å². The average molecular weight is 593 g/mol. The van der Waals surface area contributed by atoms with E-state index >= 15 is 0 Å². The van der Waals surface area contributed by atoms with E-state index < -0.39 is 0 Å². The minimum atomic E-state index is 0.657. The Labute approximate surface area is 263 Å². The highest BCUT2D eigenvalue weighted by Crippen LogP contribution is 2.41. The second-order valence-corrected chi connectivity index (χ2v) is 12.2. The van der Waals surface area contributed by atoms with Gasteiger partial charge < -0.3 is 0 Å². The van der Waals surface area contributed by atoms with E-state index in [9.17, 15) is 0 Å². The molecule has 0 amide bonds. The van der Waals surface area contributed by atoms with E-state index in [2.05, 4.69) is 84.9 Å². The predicted molar refractivity (Wildman–Crippen MR) is 187 cm³/mol. The first-order valence-corrected chi connectivity index (χ1v) is 15.7. The molecule has 45 heavy (non-hydrogen) atoms. The van der Waals surface area contributed by atoms with Crippen LogP contribution in [0.25, 0.3) is 87.3 Å².